The van der Waals surface area contributed by atoms with Gasteiger partial charge in [0.1, 0.15) is 11.5 Å². The highest BCUT2D eigenvalue weighted by molar-refractivity contribution is 5.93. The number of carbonyl (C=O) groups is 1. The average Bonchev–Trinajstić information content (AvgIpc) is 2.63. The molecule has 0 bridgehead atoms. The fourth-order valence-corrected chi connectivity index (χ4v) is 2.36. The molecule has 1 aromatic heterocycles. The number of ether oxygens (including phenoxy) is 1. The smallest absolute Gasteiger partial charge is 0.253 e. The molecule has 2 aromatic carbocycles. The lowest BCUT2D eigenvalue weighted by Gasteiger charge is -2.09. The first-order chi connectivity index (χ1) is 12.1. The Balaban J connectivity index is 1.58. The Bertz CT molecular complexity index is 856. The van der Waals surface area contributed by atoms with Gasteiger partial charge >= 0.3 is 0 Å². The van der Waals surface area contributed by atoms with Crippen molar-refractivity contribution in [3.05, 3.63) is 89.2 Å². The summed E-state index contributed by atoms with van der Waals surface area (Å²) < 4.78 is 5.87. The van der Waals surface area contributed by atoms with E-state index in [1.165, 1.54) is 0 Å². The van der Waals surface area contributed by atoms with Crippen LogP contribution < -0.4 is 10.1 Å². The zero-order valence-corrected chi connectivity index (χ0v) is 14.3. The second-order valence-corrected chi connectivity index (χ2v) is 5.88. The molecule has 1 N–H and O–H groups in total. The monoisotopic (exact) mass is 332 g/mol. The van der Waals surface area contributed by atoms with E-state index in [1.807, 2.05) is 68.4 Å². The molecular weight excluding hydrogens is 312 g/mol. The summed E-state index contributed by atoms with van der Waals surface area (Å²) in [6, 6.07) is 19.2. The van der Waals surface area contributed by atoms with Crippen molar-refractivity contribution in [1.82, 2.24) is 10.3 Å². The van der Waals surface area contributed by atoms with Gasteiger partial charge < -0.3 is 10.1 Å². The van der Waals surface area contributed by atoms with E-state index in [2.05, 4.69) is 10.3 Å². The van der Waals surface area contributed by atoms with E-state index in [0.717, 1.165) is 28.3 Å². The Hall–Kier alpha value is -3.14. The molecule has 0 fully saturated rings. The maximum Gasteiger partial charge on any atom is 0.253 e. The first-order valence-electron chi connectivity index (χ1n) is 8.15. The Morgan fingerprint density at radius 3 is 2.44 bits per heavy atom. The zero-order chi connectivity index (χ0) is 17.6. The number of nitrogens with one attached hydrogen (secondary N) is 1. The van der Waals surface area contributed by atoms with Crippen LogP contribution in [0.5, 0.6) is 11.5 Å². The van der Waals surface area contributed by atoms with Crippen LogP contribution in [-0.4, -0.2) is 10.9 Å². The predicted molar refractivity (Wildman–Crippen MR) is 97.8 cm³/mol. The van der Waals surface area contributed by atoms with Gasteiger partial charge in [-0.1, -0.05) is 30.3 Å². The van der Waals surface area contributed by atoms with E-state index in [0.29, 0.717) is 12.1 Å². The molecule has 0 saturated heterocycles. The van der Waals surface area contributed by atoms with E-state index in [9.17, 15) is 4.79 Å². The van der Waals surface area contributed by atoms with Crippen molar-refractivity contribution in [3.63, 3.8) is 0 Å². The first kappa shape index (κ1) is 16.7. The molecule has 25 heavy (non-hydrogen) atoms. The highest BCUT2D eigenvalue weighted by atomic mass is 16.5. The SMILES string of the molecule is Cc1ccc(C(=O)NCc2ccc(Oc3ccccc3C)cc2)cn1. The maximum atomic E-state index is 12.1. The van der Waals surface area contributed by atoms with Crippen molar-refractivity contribution in [3.8, 4) is 11.5 Å². The minimum Gasteiger partial charge on any atom is -0.457 e. The van der Waals surface area contributed by atoms with Crippen molar-refractivity contribution < 1.29 is 9.53 Å². The second kappa shape index (κ2) is 7.62. The van der Waals surface area contributed by atoms with Gasteiger partial charge in [0.25, 0.3) is 5.91 Å². The number of benzene rings is 2. The summed E-state index contributed by atoms with van der Waals surface area (Å²) in [5.74, 6) is 1.48. The molecule has 0 spiro atoms. The lowest BCUT2D eigenvalue weighted by Crippen LogP contribution is -2.22. The van der Waals surface area contributed by atoms with Crippen molar-refractivity contribution in [2.75, 3.05) is 0 Å². The van der Waals surface area contributed by atoms with Gasteiger partial charge in [0.05, 0.1) is 5.56 Å². The summed E-state index contributed by atoms with van der Waals surface area (Å²) in [6.45, 7) is 4.36. The van der Waals surface area contributed by atoms with Gasteiger partial charge in [-0.05, 0) is 55.3 Å². The average molecular weight is 332 g/mol. The van der Waals surface area contributed by atoms with E-state index >= 15 is 0 Å². The Morgan fingerprint density at radius 1 is 1.00 bits per heavy atom. The molecule has 1 heterocycles. The molecule has 3 aromatic rings. The minimum atomic E-state index is -0.132. The summed E-state index contributed by atoms with van der Waals surface area (Å²) in [4.78, 5) is 16.2. The molecule has 0 radical (unpaired) electrons. The summed E-state index contributed by atoms with van der Waals surface area (Å²) in [7, 11) is 0. The largest absolute Gasteiger partial charge is 0.457 e. The van der Waals surface area contributed by atoms with Crippen LogP contribution in [0.25, 0.3) is 0 Å². The molecule has 0 aliphatic heterocycles. The van der Waals surface area contributed by atoms with Crippen molar-refractivity contribution in [1.29, 1.82) is 0 Å². The van der Waals surface area contributed by atoms with Crippen LogP contribution >= 0.6 is 0 Å². The first-order valence-corrected chi connectivity index (χ1v) is 8.15. The number of carbonyl (C=O) groups excluding carboxylic acids is 1. The number of aryl methyl sites for hydroxylation is 2. The van der Waals surface area contributed by atoms with Crippen LogP contribution in [0.4, 0.5) is 0 Å². The second-order valence-electron chi connectivity index (χ2n) is 5.88. The molecule has 1 amide bonds. The van der Waals surface area contributed by atoms with Gasteiger partial charge in [-0.3, -0.25) is 9.78 Å². The van der Waals surface area contributed by atoms with E-state index in [4.69, 9.17) is 4.74 Å². The summed E-state index contributed by atoms with van der Waals surface area (Å²) in [5.41, 5.74) is 3.54. The number of hydrogen-bond donors (Lipinski definition) is 1. The standard InChI is InChI=1S/C21H20N2O2/c1-15-5-3-4-6-20(15)25-19-11-8-17(9-12-19)13-23-21(24)18-10-7-16(2)22-14-18/h3-12,14H,13H2,1-2H3,(H,23,24). The van der Waals surface area contributed by atoms with Gasteiger partial charge in [-0.15, -0.1) is 0 Å². The van der Waals surface area contributed by atoms with E-state index < -0.39 is 0 Å². The van der Waals surface area contributed by atoms with Crippen LogP contribution in [0, 0.1) is 13.8 Å². The third kappa shape index (κ3) is 4.44. The van der Waals surface area contributed by atoms with Crippen LogP contribution in [0.1, 0.15) is 27.2 Å². The van der Waals surface area contributed by atoms with E-state index in [1.54, 1.807) is 12.3 Å². The van der Waals surface area contributed by atoms with Crippen LogP contribution in [0.2, 0.25) is 0 Å². The number of aromatic nitrogens is 1. The van der Waals surface area contributed by atoms with Crippen LogP contribution in [0.15, 0.2) is 66.9 Å². The summed E-state index contributed by atoms with van der Waals surface area (Å²) in [5, 5.41) is 2.89. The van der Waals surface area contributed by atoms with Gasteiger partial charge in [0.15, 0.2) is 0 Å². The number of nitrogens with zero attached hydrogens (tertiary/aromatic N) is 1. The molecule has 0 saturated carbocycles. The molecular formula is C21H20N2O2. The third-order valence-corrected chi connectivity index (χ3v) is 3.87. The minimum absolute atomic E-state index is 0.132. The Kier molecular flexibility index (Phi) is 5.09. The fourth-order valence-electron chi connectivity index (χ4n) is 2.36. The van der Waals surface area contributed by atoms with Crippen molar-refractivity contribution in [2.24, 2.45) is 0 Å². The Labute approximate surface area is 147 Å². The molecule has 4 heteroatoms. The number of amides is 1. The molecule has 4 nitrogen and oxygen atoms in total. The van der Waals surface area contributed by atoms with Gasteiger partial charge in [0.2, 0.25) is 0 Å². The lowest BCUT2D eigenvalue weighted by atomic mass is 10.2. The molecule has 0 aliphatic carbocycles. The van der Waals surface area contributed by atoms with Crippen LogP contribution in [-0.2, 0) is 6.54 Å². The highest BCUT2D eigenvalue weighted by Gasteiger charge is 2.06. The normalized spacial score (nSPS) is 10.3. The van der Waals surface area contributed by atoms with Gasteiger partial charge in [-0.25, -0.2) is 0 Å². The quantitative estimate of drug-likeness (QED) is 0.752. The lowest BCUT2D eigenvalue weighted by molar-refractivity contribution is 0.0950. The summed E-state index contributed by atoms with van der Waals surface area (Å²) >= 11 is 0. The molecule has 126 valence electrons. The third-order valence-electron chi connectivity index (χ3n) is 3.87. The molecule has 0 aliphatic rings. The number of pyridine rings is 1. The Morgan fingerprint density at radius 2 is 1.76 bits per heavy atom. The van der Waals surface area contributed by atoms with E-state index in [-0.39, 0.29) is 5.91 Å². The highest BCUT2D eigenvalue weighted by Crippen LogP contribution is 2.24. The molecule has 0 atom stereocenters. The molecule has 3 rings (SSSR count). The van der Waals surface area contributed by atoms with Crippen molar-refractivity contribution in [2.45, 2.75) is 20.4 Å². The number of hydrogen-bond acceptors (Lipinski definition) is 3. The van der Waals surface area contributed by atoms with Crippen LogP contribution in [0.3, 0.4) is 0 Å². The topological polar surface area (TPSA) is 51.2 Å². The van der Waals surface area contributed by atoms with Crippen molar-refractivity contribution >= 4 is 5.91 Å². The summed E-state index contributed by atoms with van der Waals surface area (Å²) in [6.07, 6.45) is 1.59. The predicted octanol–water partition coefficient (Wildman–Crippen LogP) is 4.42. The van der Waals surface area contributed by atoms with Gasteiger partial charge in [0, 0.05) is 18.4 Å². The van der Waals surface area contributed by atoms with Gasteiger partial charge in [-0.2, -0.15) is 0 Å². The number of para-hydroxylation sites is 1. The molecule has 0 unspecified atom stereocenters. The zero-order valence-electron chi connectivity index (χ0n) is 14.3. The number of rotatable bonds is 5. The maximum absolute atomic E-state index is 12.1. The fraction of sp³-hybridized carbons (Fsp3) is 0.143.